The molecule has 1 aromatic carbocycles. The van der Waals surface area contributed by atoms with E-state index in [1.54, 1.807) is 12.5 Å². The Labute approximate surface area is 117 Å². The quantitative estimate of drug-likeness (QED) is 0.563. The van der Waals surface area contributed by atoms with Crippen molar-refractivity contribution in [2.75, 3.05) is 0 Å². The second-order valence-electron chi connectivity index (χ2n) is 4.70. The average Bonchev–Trinajstić information content (AvgIpc) is 2.97. The largest absolute Gasteiger partial charge is 0.469 e. The zero-order valence-corrected chi connectivity index (χ0v) is 11.3. The summed E-state index contributed by atoms with van der Waals surface area (Å²) in [7, 11) is 0. The number of fused-ring (bicyclic) bond motifs is 1. The number of furan rings is 1. The Hall–Kier alpha value is -2.17. The summed E-state index contributed by atoms with van der Waals surface area (Å²) in [6, 6.07) is 10.1. The highest BCUT2D eigenvalue weighted by atomic mass is 16.3. The molecule has 0 saturated heterocycles. The lowest BCUT2D eigenvalue weighted by Gasteiger charge is -2.18. The number of hydrogen-bond acceptors (Lipinski definition) is 4. The van der Waals surface area contributed by atoms with Crippen LogP contribution in [0.1, 0.15) is 29.9 Å². The lowest BCUT2D eigenvalue weighted by molar-refractivity contribution is 0.502. The predicted octanol–water partition coefficient (Wildman–Crippen LogP) is 2.94. The Morgan fingerprint density at radius 1 is 1.25 bits per heavy atom. The standard InChI is InChI=1S/C16H17N3O/c1-2-15-13(7-9-20-15)16(19-17)12-5-3-4-11-6-8-18-10-14(11)12/h3-10,16,19H,2,17H2,1H3. The van der Waals surface area contributed by atoms with Crippen LogP contribution in [0.3, 0.4) is 0 Å². The summed E-state index contributed by atoms with van der Waals surface area (Å²) in [5, 5.41) is 2.25. The van der Waals surface area contributed by atoms with Crippen LogP contribution in [-0.2, 0) is 6.42 Å². The van der Waals surface area contributed by atoms with Gasteiger partial charge in [0.2, 0.25) is 0 Å². The summed E-state index contributed by atoms with van der Waals surface area (Å²) in [6.07, 6.45) is 6.22. The number of hydrogen-bond donors (Lipinski definition) is 2. The zero-order valence-electron chi connectivity index (χ0n) is 11.3. The number of nitrogens with zero attached hydrogens (tertiary/aromatic N) is 1. The maximum atomic E-state index is 5.80. The fourth-order valence-electron chi connectivity index (χ4n) is 2.63. The van der Waals surface area contributed by atoms with Gasteiger partial charge in [-0.15, -0.1) is 0 Å². The highest BCUT2D eigenvalue weighted by Crippen LogP contribution is 2.30. The minimum atomic E-state index is -0.100. The number of nitrogens with one attached hydrogen (secondary N) is 1. The van der Waals surface area contributed by atoms with E-state index in [9.17, 15) is 0 Å². The lowest BCUT2D eigenvalue weighted by Crippen LogP contribution is -2.29. The van der Waals surface area contributed by atoms with Crippen LogP contribution in [0.2, 0.25) is 0 Å². The number of nitrogens with two attached hydrogens (primary N) is 1. The van der Waals surface area contributed by atoms with Crippen molar-refractivity contribution in [2.45, 2.75) is 19.4 Å². The van der Waals surface area contributed by atoms with Crippen LogP contribution in [0.15, 0.2) is 53.4 Å². The summed E-state index contributed by atoms with van der Waals surface area (Å²) in [5.74, 6) is 6.75. The van der Waals surface area contributed by atoms with Gasteiger partial charge in [0.15, 0.2) is 0 Å². The van der Waals surface area contributed by atoms with E-state index in [1.165, 1.54) is 0 Å². The molecule has 3 N–H and O–H groups in total. The summed E-state index contributed by atoms with van der Waals surface area (Å²) in [4.78, 5) is 4.22. The molecule has 0 aliphatic rings. The van der Waals surface area contributed by atoms with Gasteiger partial charge in [0.25, 0.3) is 0 Å². The first-order valence-electron chi connectivity index (χ1n) is 6.70. The van der Waals surface area contributed by atoms with Gasteiger partial charge >= 0.3 is 0 Å². The van der Waals surface area contributed by atoms with Crippen molar-refractivity contribution in [3.8, 4) is 0 Å². The Bertz CT molecular complexity index is 715. The number of pyridine rings is 1. The van der Waals surface area contributed by atoms with Gasteiger partial charge in [-0.05, 0) is 23.1 Å². The molecule has 102 valence electrons. The number of rotatable bonds is 4. The maximum Gasteiger partial charge on any atom is 0.108 e. The number of aryl methyl sites for hydroxylation is 1. The molecule has 2 aromatic heterocycles. The average molecular weight is 267 g/mol. The van der Waals surface area contributed by atoms with E-state index in [0.29, 0.717) is 0 Å². The van der Waals surface area contributed by atoms with Crippen LogP contribution in [0, 0.1) is 0 Å². The normalized spacial score (nSPS) is 12.7. The summed E-state index contributed by atoms with van der Waals surface area (Å²) < 4.78 is 5.52. The van der Waals surface area contributed by atoms with Crippen molar-refractivity contribution in [2.24, 2.45) is 5.84 Å². The van der Waals surface area contributed by atoms with E-state index in [0.717, 1.165) is 34.1 Å². The Morgan fingerprint density at radius 2 is 2.15 bits per heavy atom. The lowest BCUT2D eigenvalue weighted by atomic mass is 9.95. The fourth-order valence-corrected chi connectivity index (χ4v) is 2.63. The van der Waals surface area contributed by atoms with Crippen molar-refractivity contribution in [1.29, 1.82) is 0 Å². The van der Waals surface area contributed by atoms with Crippen molar-refractivity contribution in [3.05, 3.63) is 65.9 Å². The molecule has 0 fully saturated rings. The van der Waals surface area contributed by atoms with Gasteiger partial charge in [-0.2, -0.15) is 0 Å². The van der Waals surface area contributed by atoms with Crippen molar-refractivity contribution >= 4 is 10.8 Å². The van der Waals surface area contributed by atoms with E-state index < -0.39 is 0 Å². The smallest absolute Gasteiger partial charge is 0.108 e. The van der Waals surface area contributed by atoms with Gasteiger partial charge in [0.1, 0.15) is 5.76 Å². The third-order valence-corrected chi connectivity index (χ3v) is 3.61. The predicted molar refractivity (Wildman–Crippen MR) is 79.0 cm³/mol. The second-order valence-corrected chi connectivity index (χ2v) is 4.70. The third-order valence-electron chi connectivity index (χ3n) is 3.61. The maximum absolute atomic E-state index is 5.80. The first kappa shape index (κ1) is 12.8. The molecule has 3 rings (SSSR count). The van der Waals surface area contributed by atoms with Gasteiger partial charge < -0.3 is 4.42 Å². The molecule has 2 heterocycles. The minimum Gasteiger partial charge on any atom is -0.469 e. The Morgan fingerprint density at radius 3 is 2.95 bits per heavy atom. The van der Waals surface area contributed by atoms with Crippen LogP contribution in [0.25, 0.3) is 10.8 Å². The molecule has 0 amide bonds. The zero-order chi connectivity index (χ0) is 13.9. The van der Waals surface area contributed by atoms with Gasteiger partial charge in [-0.1, -0.05) is 25.1 Å². The highest BCUT2D eigenvalue weighted by Gasteiger charge is 2.19. The highest BCUT2D eigenvalue weighted by molar-refractivity contribution is 5.85. The molecule has 4 heteroatoms. The van der Waals surface area contributed by atoms with Crippen LogP contribution in [0.5, 0.6) is 0 Å². The molecule has 1 unspecified atom stereocenters. The summed E-state index contributed by atoms with van der Waals surface area (Å²) in [6.45, 7) is 2.07. The first-order chi connectivity index (χ1) is 9.85. The van der Waals surface area contributed by atoms with Crippen LogP contribution < -0.4 is 11.3 Å². The molecular formula is C16H17N3O. The molecule has 0 bridgehead atoms. The number of aromatic nitrogens is 1. The monoisotopic (exact) mass is 267 g/mol. The third kappa shape index (κ3) is 2.09. The molecule has 0 radical (unpaired) electrons. The van der Waals surface area contributed by atoms with Crippen molar-refractivity contribution in [1.82, 2.24) is 10.4 Å². The SMILES string of the molecule is CCc1occc1C(NN)c1cccc2ccncc12. The molecule has 0 saturated carbocycles. The van der Waals surface area contributed by atoms with Gasteiger partial charge in [0, 0.05) is 29.8 Å². The van der Waals surface area contributed by atoms with Gasteiger partial charge in [-0.25, -0.2) is 5.43 Å². The van der Waals surface area contributed by atoms with E-state index in [1.807, 2.05) is 24.4 Å². The topological polar surface area (TPSA) is 64.1 Å². The van der Waals surface area contributed by atoms with Crippen molar-refractivity contribution in [3.63, 3.8) is 0 Å². The van der Waals surface area contributed by atoms with Crippen LogP contribution in [0.4, 0.5) is 0 Å². The van der Waals surface area contributed by atoms with E-state index in [-0.39, 0.29) is 6.04 Å². The second kappa shape index (κ2) is 5.45. The number of hydrazine groups is 1. The van der Waals surface area contributed by atoms with Crippen molar-refractivity contribution < 1.29 is 4.42 Å². The first-order valence-corrected chi connectivity index (χ1v) is 6.70. The Kier molecular flexibility index (Phi) is 3.50. The van der Waals surface area contributed by atoms with Gasteiger partial charge in [0.05, 0.1) is 12.3 Å². The van der Waals surface area contributed by atoms with E-state index >= 15 is 0 Å². The number of benzene rings is 1. The minimum absolute atomic E-state index is 0.100. The van der Waals surface area contributed by atoms with E-state index in [2.05, 4.69) is 29.5 Å². The molecule has 0 spiro atoms. The molecule has 0 aliphatic heterocycles. The molecule has 20 heavy (non-hydrogen) atoms. The fraction of sp³-hybridized carbons (Fsp3) is 0.188. The molecule has 3 aromatic rings. The van der Waals surface area contributed by atoms with Crippen LogP contribution in [-0.4, -0.2) is 4.98 Å². The van der Waals surface area contributed by atoms with Gasteiger partial charge in [-0.3, -0.25) is 10.8 Å². The van der Waals surface area contributed by atoms with Crippen LogP contribution >= 0.6 is 0 Å². The molecule has 1 atom stereocenters. The Balaban J connectivity index is 2.17. The summed E-state index contributed by atoms with van der Waals surface area (Å²) >= 11 is 0. The summed E-state index contributed by atoms with van der Waals surface area (Å²) in [5.41, 5.74) is 5.08. The molecule has 0 aliphatic carbocycles. The molecule has 4 nitrogen and oxygen atoms in total. The van der Waals surface area contributed by atoms with E-state index in [4.69, 9.17) is 10.3 Å². The molecular weight excluding hydrogens is 250 g/mol.